The Bertz CT molecular complexity index is 653. The van der Waals surface area contributed by atoms with Gasteiger partial charge < -0.3 is 10.1 Å². The van der Waals surface area contributed by atoms with E-state index in [-0.39, 0.29) is 17.9 Å². The number of carbonyl (C=O) groups is 2. The Morgan fingerprint density at radius 3 is 2.71 bits per heavy atom. The number of aromatic nitrogens is 1. The van der Waals surface area contributed by atoms with Gasteiger partial charge in [-0.05, 0) is 65.0 Å². The average molecular weight is 331 g/mol. The Balaban J connectivity index is 1.77. The highest BCUT2D eigenvalue weighted by atomic mass is 16.6. The van der Waals surface area contributed by atoms with Gasteiger partial charge in [0.15, 0.2) is 0 Å². The monoisotopic (exact) mass is 331 g/mol. The van der Waals surface area contributed by atoms with Gasteiger partial charge in [-0.2, -0.15) is 0 Å². The fourth-order valence-electron chi connectivity index (χ4n) is 3.72. The SMILES string of the molecule is Cc1cccc(NC(=O)[C@@H]2C3CCC(C3)N2C(=O)OC(C)(C)C)n1. The smallest absolute Gasteiger partial charge is 0.411 e. The van der Waals surface area contributed by atoms with E-state index in [9.17, 15) is 9.59 Å². The summed E-state index contributed by atoms with van der Waals surface area (Å²) in [6.45, 7) is 7.39. The lowest BCUT2D eigenvalue weighted by atomic mass is 9.98. The minimum absolute atomic E-state index is 0.103. The zero-order valence-electron chi connectivity index (χ0n) is 14.7. The first-order chi connectivity index (χ1) is 11.2. The number of fused-ring (bicyclic) bond motifs is 2. The molecule has 1 aliphatic heterocycles. The Kier molecular flexibility index (Phi) is 4.24. The number of hydrogen-bond acceptors (Lipinski definition) is 4. The van der Waals surface area contributed by atoms with Crippen LogP contribution in [0.25, 0.3) is 0 Å². The maximum absolute atomic E-state index is 12.8. The molecule has 1 aliphatic carbocycles. The molecule has 1 N–H and O–H groups in total. The van der Waals surface area contributed by atoms with Crippen molar-refractivity contribution < 1.29 is 14.3 Å². The number of amides is 2. The van der Waals surface area contributed by atoms with Crippen molar-refractivity contribution in [3.63, 3.8) is 0 Å². The lowest BCUT2D eigenvalue weighted by Crippen LogP contribution is -2.52. The second kappa shape index (κ2) is 6.07. The Morgan fingerprint density at radius 1 is 1.29 bits per heavy atom. The van der Waals surface area contributed by atoms with E-state index >= 15 is 0 Å². The lowest BCUT2D eigenvalue weighted by molar-refractivity contribution is -0.122. The molecule has 2 bridgehead atoms. The van der Waals surface area contributed by atoms with Gasteiger partial charge in [-0.15, -0.1) is 0 Å². The molecule has 2 fully saturated rings. The van der Waals surface area contributed by atoms with Gasteiger partial charge in [-0.3, -0.25) is 9.69 Å². The fourth-order valence-corrected chi connectivity index (χ4v) is 3.72. The van der Waals surface area contributed by atoms with Crippen molar-refractivity contribution >= 4 is 17.8 Å². The first-order valence-corrected chi connectivity index (χ1v) is 8.50. The van der Waals surface area contributed by atoms with Crippen LogP contribution < -0.4 is 5.32 Å². The number of piperidine rings is 1. The summed E-state index contributed by atoms with van der Waals surface area (Å²) in [6.07, 6.45) is 2.39. The van der Waals surface area contributed by atoms with E-state index in [2.05, 4.69) is 10.3 Å². The third-order valence-corrected chi connectivity index (χ3v) is 4.60. The van der Waals surface area contributed by atoms with Crippen LogP contribution >= 0.6 is 0 Å². The summed E-state index contributed by atoms with van der Waals surface area (Å²) in [5.41, 5.74) is 0.266. The molecule has 2 aliphatic rings. The largest absolute Gasteiger partial charge is 0.444 e. The number of pyridine rings is 1. The summed E-state index contributed by atoms with van der Waals surface area (Å²) < 4.78 is 5.52. The Labute approximate surface area is 142 Å². The van der Waals surface area contributed by atoms with Crippen LogP contribution in [0.2, 0.25) is 0 Å². The number of hydrogen-bond donors (Lipinski definition) is 1. The summed E-state index contributed by atoms with van der Waals surface area (Å²) >= 11 is 0. The van der Waals surface area contributed by atoms with Gasteiger partial charge in [0, 0.05) is 11.7 Å². The molecule has 1 saturated heterocycles. The predicted molar refractivity (Wildman–Crippen MR) is 90.6 cm³/mol. The van der Waals surface area contributed by atoms with Crippen molar-refractivity contribution in [3.05, 3.63) is 23.9 Å². The number of nitrogens with one attached hydrogen (secondary N) is 1. The van der Waals surface area contributed by atoms with Gasteiger partial charge in [0.1, 0.15) is 17.5 Å². The third-order valence-electron chi connectivity index (χ3n) is 4.60. The van der Waals surface area contributed by atoms with E-state index < -0.39 is 17.7 Å². The number of rotatable bonds is 2. The molecule has 1 saturated carbocycles. The normalized spacial score (nSPS) is 25.7. The predicted octanol–water partition coefficient (Wildman–Crippen LogP) is 3.12. The molecular formula is C18H25N3O3. The first kappa shape index (κ1) is 16.7. The van der Waals surface area contributed by atoms with E-state index in [0.717, 1.165) is 25.0 Å². The van der Waals surface area contributed by atoms with Crippen LogP contribution in [0.15, 0.2) is 18.2 Å². The van der Waals surface area contributed by atoms with Gasteiger partial charge in [-0.25, -0.2) is 9.78 Å². The zero-order chi connectivity index (χ0) is 17.5. The van der Waals surface area contributed by atoms with E-state index in [0.29, 0.717) is 5.82 Å². The molecular weight excluding hydrogens is 306 g/mol. The van der Waals surface area contributed by atoms with E-state index in [4.69, 9.17) is 4.74 Å². The van der Waals surface area contributed by atoms with E-state index in [1.807, 2.05) is 39.8 Å². The van der Waals surface area contributed by atoms with Crippen molar-refractivity contribution in [3.8, 4) is 0 Å². The highest BCUT2D eigenvalue weighted by Crippen LogP contribution is 2.43. The molecule has 0 radical (unpaired) electrons. The highest BCUT2D eigenvalue weighted by molar-refractivity contribution is 5.96. The summed E-state index contributed by atoms with van der Waals surface area (Å²) in [5.74, 6) is 0.547. The molecule has 2 amide bonds. The molecule has 3 rings (SSSR count). The Hall–Kier alpha value is -2.11. The molecule has 24 heavy (non-hydrogen) atoms. The van der Waals surface area contributed by atoms with Crippen molar-refractivity contribution in [1.82, 2.24) is 9.88 Å². The average Bonchev–Trinajstić information content (AvgIpc) is 3.05. The molecule has 0 spiro atoms. The molecule has 6 nitrogen and oxygen atoms in total. The molecule has 2 unspecified atom stereocenters. The zero-order valence-corrected chi connectivity index (χ0v) is 14.7. The second-order valence-corrected chi connectivity index (χ2v) is 7.71. The van der Waals surface area contributed by atoms with Gasteiger partial charge >= 0.3 is 6.09 Å². The highest BCUT2D eigenvalue weighted by Gasteiger charge is 2.52. The summed E-state index contributed by atoms with van der Waals surface area (Å²) in [4.78, 5) is 31.3. The van der Waals surface area contributed by atoms with Crippen LogP contribution in [0.3, 0.4) is 0 Å². The molecule has 1 aromatic rings. The maximum Gasteiger partial charge on any atom is 0.411 e. The minimum atomic E-state index is -0.571. The maximum atomic E-state index is 12.8. The van der Waals surface area contributed by atoms with E-state index in [1.165, 1.54) is 0 Å². The Morgan fingerprint density at radius 2 is 2.04 bits per heavy atom. The number of likely N-dealkylation sites (tertiary alicyclic amines) is 1. The van der Waals surface area contributed by atoms with Crippen molar-refractivity contribution in [2.75, 3.05) is 5.32 Å². The lowest BCUT2D eigenvalue weighted by Gasteiger charge is -2.35. The number of nitrogens with zero attached hydrogens (tertiary/aromatic N) is 2. The van der Waals surface area contributed by atoms with Crippen LogP contribution in [0.1, 0.15) is 45.7 Å². The number of anilines is 1. The van der Waals surface area contributed by atoms with Crippen molar-refractivity contribution in [2.45, 2.75) is 64.6 Å². The molecule has 6 heteroatoms. The van der Waals surface area contributed by atoms with Crippen LogP contribution in [0.4, 0.5) is 10.6 Å². The van der Waals surface area contributed by atoms with Gasteiger partial charge in [0.25, 0.3) is 0 Å². The number of ether oxygens (including phenoxy) is 1. The van der Waals surface area contributed by atoms with Gasteiger partial charge in [0.2, 0.25) is 5.91 Å². The van der Waals surface area contributed by atoms with Gasteiger partial charge in [-0.1, -0.05) is 6.07 Å². The fraction of sp³-hybridized carbons (Fsp3) is 0.611. The van der Waals surface area contributed by atoms with Crippen LogP contribution in [0.5, 0.6) is 0 Å². The molecule has 2 heterocycles. The van der Waals surface area contributed by atoms with E-state index in [1.54, 1.807) is 11.0 Å². The summed E-state index contributed by atoms with van der Waals surface area (Å²) in [7, 11) is 0. The molecule has 0 aromatic carbocycles. The molecule has 3 atom stereocenters. The quantitative estimate of drug-likeness (QED) is 0.904. The van der Waals surface area contributed by atoms with Crippen LogP contribution in [-0.4, -0.2) is 39.6 Å². The molecule has 1 aromatic heterocycles. The van der Waals surface area contributed by atoms with Crippen LogP contribution in [0, 0.1) is 12.8 Å². The van der Waals surface area contributed by atoms with Crippen molar-refractivity contribution in [1.29, 1.82) is 0 Å². The van der Waals surface area contributed by atoms with Gasteiger partial charge in [0.05, 0.1) is 0 Å². The van der Waals surface area contributed by atoms with Crippen LogP contribution in [-0.2, 0) is 9.53 Å². The topological polar surface area (TPSA) is 71.5 Å². The second-order valence-electron chi connectivity index (χ2n) is 7.71. The summed E-state index contributed by atoms with van der Waals surface area (Å²) in [6, 6.07) is 5.12. The first-order valence-electron chi connectivity index (χ1n) is 8.50. The third kappa shape index (κ3) is 3.37. The number of carbonyl (C=O) groups excluding carboxylic acids is 2. The standard InChI is InChI=1S/C18H25N3O3/c1-11-6-5-7-14(19-11)20-16(22)15-12-8-9-13(10-12)21(15)17(23)24-18(2,3)4/h5-7,12-13,15H,8-10H2,1-4H3,(H,19,20,22)/t12?,13?,15-/m0/s1. The molecule has 130 valence electrons. The van der Waals surface area contributed by atoms with Crippen molar-refractivity contribution in [2.24, 2.45) is 5.92 Å². The summed E-state index contributed by atoms with van der Waals surface area (Å²) in [5, 5.41) is 2.86. The minimum Gasteiger partial charge on any atom is -0.444 e. The number of aryl methyl sites for hydroxylation is 1.